The van der Waals surface area contributed by atoms with Gasteiger partial charge >= 0.3 is 0 Å². The zero-order chi connectivity index (χ0) is 11.6. The molecule has 84 valence electrons. The quantitative estimate of drug-likeness (QED) is 0.774. The van der Waals surface area contributed by atoms with E-state index in [4.69, 9.17) is 10.7 Å². The van der Waals surface area contributed by atoms with Crippen LogP contribution < -0.4 is 0 Å². The van der Waals surface area contributed by atoms with Gasteiger partial charge in [0.05, 0.1) is 0 Å². The summed E-state index contributed by atoms with van der Waals surface area (Å²) >= 11 is 0. The van der Waals surface area contributed by atoms with E-state index in [1.54, 1.807) is 0 Å². The molecule has 15 heavy (non-hydrogen) atoms. The molecule has 0 N–H and O–H groups in total. The van der Waals surface area contributed by atoms with Crippen LogP contribution in [0.2, 0.25) is 0 Å². The van der Waals surface area contributed by atoms with Crippen LogP contribution in [0.25, 0.3) is 0 Å². The fraction of sp³-hybridized carbons (Fsp3) is 0.250. The number of halogens is 3. The molecule has 1 aromatic rings. The summed E-state index contributed by atoms with van der Waals surface area (Å²) < 4.78 is 47.7. The van der Waals surface area contributed by atoms with Gasteiger partial charge in [0.2, 0.25) is 0 Å². The lowest BCUT2D eigenvalue weighted by molar-refractivity contribution is 0.473. The molecule has 0 radical (unpaired) electrons. The fourth-order valence-corrected chi connectivity index (χ4v) is 1.42. The average Bonchev–Trinajstić information content (AvgIpc) is 2.10. The minimum atomic E-state index is -3.83. The molecular formula is C8H8ClF2NO2S. The van der Waals surface area contributed by atoms with Crippen molar-refractivity contribution >= 4 is 19.9 Å². The molecule has 1 aromatic carbocycles. The van der Waals surface area contributed by atoms with Gasteiger partial charge in [0.1, 0.15) is 0 Å². The molecular weight excluding hydrogens is 248 g/mol. The Hall–Kier alpha value is -0.720. The second kappa shape index (κ2) is 4.42. The normalized spacial score (nSPS) is 12.1. The third-order valence-corrected chi connectivity index (χ3v) is 3.34. The second-order valence-corrected chi connectivity index (χ2v) is 5.56. The van der Waals surface area contributed by atoms with E-state index in [1.807, 2.05) is 0 Å². The Morgan fingerprint density at radius 2 is 1.93 bits per heavy atom. The molecule has 0 amide bonds. The molecule has 0 aliphatic carbocycles. The number of hydrogen-bond donors (Lipinski definition) is 0. The van der Waals surface area contributed by atoms with Crippen molar-refractivity contribution in [2.24, 2.45) is 0 Å². The van der Waals surface area contributed by atoms with E-state index in [-0.39, 0.29) is 6.54 Å². The maximum absolute atomic E-state index is 12.8. The first kappa shape index (κ1) is 12.4. The van der Waals surface area contributed by atoms with Crippen LogP contribution in [0.5, 0.6) is 0 Å². The van der Waals surface area contributed by atoms with Crippen molar-refractivity contribution in [1.82, 2.24) is 4.31 Å². The summed E-state index contributed by atoms with van der Waals surface area (Å²) in [7, 11) is 2.44. The Morgan fingerprint density at radius 3 is 2.40 bits per heavy atom. The Bertz CT molecular complexity index is 464. The summed E-state index contributed by atoms with van der Waals surface area (Å²) in [6.45, 7) is -0.108. The number of rotatable bonds is 3. The SMILES string of the molecule is CN(Cc1ccc(F)c(F)c1)S(=O)(=O)Cl. The van der Waals surface area contributed by atoms with Crippen molar-refractivity contribution in [1.29, 1.82) is 0 Å². The number of benzene rings is 1. The molecule has 3 nitrogen and oxygen atoms in total. The molecule has 1 rings (SSSR count). The first-order chi connectivity index (χ1) is 6.80. The molecule has 0 heterocycles. The molecule has 0 spiro atoms. The average molecular weight is 256 g/mol. The van der Waals surface area contributed by atoms with E-state index in [0.717, 1.165) is 16.4 Å². The van der Waals surface area contributed by atoms with Crippen LogP contribution in [0.1, 0.15) is 5.56 Å². The number of nitrogens with zero attached hydrogens (tertiary/aromatic N) is 1. The molecule has 7 heteroatoms. The minimum absolute atomic E-state index is 0.108. The molecule has 0 bridgehead atoms. The van der Waals surface area contributed by atoms with Crippen LogP contribution >= 0.6 is 10.7 Å². The van der Waals surface area contributed by atoms with E-state index in [0.29, 0.717) is 5.56 Å². The summed E-state index contributed by atoms with van der Waals surface area (Å²) in [6.07, 6.45) is 0. The molecule has 0 aliphatic heterocycles. The molecule has 0 saturated carbocycles. The van der Waals surface area contributed by atoms with Crippen LogP contribution in [-0.4, -0.2) is 19.8 Å². The third kappa shape index (κ3) is 3.40. The standard InChI is InChI=1S/C8H8ClF2NO2S/c1-12(15(9,13)14)5-6-2-3-7(10)8(11)4-6/h2-4H,5H2,1H3. The summed E-state index contributed by atoms with van der Waals surface area (Å²) in [5.41, 5.74) is 0.320. The predicted molar refractivity (Wildman–Crippen MR) is 52.6 cm³/mol. The highest BCUT2D eigenvalue weighted by atomic mass is 35.7. The van der Waals surface area contributed by atoms with Crippen molar-refractivity contribution in [2.45, 2.75) is 6.54 Å². The smallest absolute Gasteiger partial charge is 0.204 e. The van der Waals surface area contributed by atoms with Crippen molar-refractivity contribution in [2.75, 3.05) is 7.05 Å². The van der Waals surface area contributed by atoms with Gasteiger partial charge in [-0.1, -0.05) is 6.07 Å². The van der Waals surface area contributed by atoms with Gasteiger partial charge in [0, 0.05) is 24.3 Å². The van der Waals surface area contributed by atoms with Gasteiger partial charge in [0.15, 0.2) is 11.6 Å². The van der Waals surface area contributed by atoms with Crippen LogP contribution in [0.3, 0.4) is 0 Å². The third-order valence-electron chi connectivity index (χ3n) is 1.76. The summed E-state index contributed by atoms with van der Waals surface area (Å²) in [6, 6.07) is 3.14. The zero-order valence-corrected chi connectivity index (χ0v) is 9.32. The van der Waals surface area contributed by atoms with E-state index >= 15 is 0 Å². The van der Waals surface area contributed by atoms with Crippen LogP contribution in [0.15, 0.2) is 18.2 Å². The van der Waals surface area contributed by atoms with Crippen molar-refractivity contribution in [3.8, 4) is 0 Å². The van der Waals surface area contributed by atoms with E-state index in [1.165, 1.54) is 13.1 Å². The first-order valence-electron chi connectivity index (χ1n) is 3.90. The Morgan fingerprint density at radius 1 is 1.33 bits per heavy atom. The Balaban J connectivity index is 2.87. The van der Waals surface area contributed by atoms with E-state index in [9.17, 15) is 17.2 Å². The van der Waals surface area contributed by atoms with Crippen molar-refractivity contribution < 1.29 is 17.2 Å². The maximum atomic E-state index is 12.8. The van der Waals surface area contributed by atoms with Gasteiger partial charge in [-0.05, 0) is 17.7 Å². The lowest BCUT2D eigenvalue weighted by Gasteiger charge is -2.11. The van der Waals surface area contributed by atoms with Crippen LogP contribution in [0, 0.1) is 11.6 Å². The highest BCUT2D eigenvalue weighted by molar-refractivity contribution is 8.11. The van der Waals surface area contributed by atoms with Gasteiger partial charge in [-0.2, -0.15) is 12.7 Å². The Kier molecular flexibility index (Phi) is 3.64. The molecule has 0 aromatic heterocycles. The zero-order valence-electron chi connectivity index (χ0n) is 7.75. The van der Waals surface area contributed by atoms with E-state index in [2.05, 4.69) is 0 Å². The molecule has 0 atom stereocenters. The van der Waals surface area contributed by atoms with Gasteiger partial charge in [-0.25, -0.2) is 8.78 Å². The lowest BCUT2D eigenvalue weighted by Crippen LogP contribution is -2.21. The molecule has 0 saturated heterocycles. The van der Waals surface area contributed by atoms with Crippen LogP contribution in [-0.2, 0) is 15.8 Å². The second-order valence-electron chi connectivity index (χ2n) is 2.95. The summed E-state index contributed by atoms with van der Waals surface area (Å²) in [4.78, 5) is 0. The maximum Gasteiger partial charge on any atom is 0.299 e. The first-order valence-corrected chi connectivity index (χ1v) is 6.17. The minimum Gasteiger partial charge on any atom is -0.204 e. The van der Waals surface area contributed by atoms with Gasteiger partial charge in [-0.15, -0.1) is 0 Å². The lowest BCUT2D eigenvalue weighted by atomic mass is 10.2. The highest BCUT2D eigenvalue weighted by Crippen LogP contribution is 2.13. The van der Waals surface area contributed by atoms with Crippen molar-refractivity contribution in [3.05, 3.63) is 35.4 Å². The fourth-order valence-electron chi connectivity index (χ4n) is 0.972. The van der Waals surface area contributed by atoms with E-state index < -0.39 is 20.9 Å². The van der Waals surface area contributed by atoms with Crippen molar-refractivity contribution in [3.63, 3.8) is 0 Å². The molecule has 0 fully saturated rings. The number of hydrogen-bond acceptors (Lipinski definition) is 2. The predicted octanol–water partition coefficient (Wildman–Crippen LogP) is 1.88. The van der Waals surface area contributed by atoms with Gasteiger partial charge in [0.25, 0.3) is 9.24 Å². The topological polar surface area (TPSA) is 37.4 Å². The van der Waals surface area contributed by atoms with Crippen LogP contribution in [0.4, 0.5) is 8.78 Å². The molecule has 0 unspecified atom stereocenters. The van der Waals surface area contributed by atoms with Gasteiger partial charge in [-0.3, -0.25) is 0 Å². The largest absolute Gasteiger partial charge is 0.299 e. The van der Waals surface area contributed by atoms with Gasteiger partial charge < -0.3 is 0 Å². The Labute approximate surface area is 90.8 Å². The summed E-state index contributed by atoms with van der Waals surface area (Å²) in [5.74, 6) is -2.00. The highest BCUT2D eigenvalue weighted by Gasteiger charge is 2.14. The summed E-state index contributed by atoms with van der Waals surface area (Å²) in [5, 5.41) is 0. The molecule has 0 aliphatic rings. The monoisotopic (exact) mass is 255 g/mol.